The molecule has 2 rings (SSSR count). The van der Waals surface area contributed by atoms with Gasteiger partial charge in [0.05, 0.1) is 32.9 Å². The van der Waals surface area contributed by atoms with Crippen LogP contribution >= 0.6 is 11.3 Å². The molecule has 1 aromatic heterocycles. The Hall–Kier alpha value is -2.21. The summed E-state index contributed by atoms with van der Waals surface area (Å²) < 4.78 is 15.9. The first-order valence-electron chi connectivity index (χ1n) is 6.75. The minimum Gasteiger partial charge on any atom is -0.493 e. The number of benzene rings is 1. The number of carbonyl (C=O) groups excluding carboxylic acids is 1. The Labute approximate surface area is 133 Å². The van der Waals surface area contributed by atoms with Gasteiger partial charge in [-0.15, -0.1) is 11.3 Å². The number of carbonyl (C=O) groups is 1. The summed E-state index contributed by atoms with van der Waals surface area (Å²) in [5.74, 6) is 1.06. The van der Waals surface area contributed by atoms with E-state index in [0.29, 0.717) is 22.8 Å². The highest BCUT2D eigenvalue weighted by molar-refractivity contribution is 7.10. The van der Waals surface area contributed by atoms with Crippen molar-refractivity contribution in [2.75, 3.05) is 21.3 Å². The van der Waals surface area contributed by atoms with Crippen LogP contribution in [0.4, 0.5) is 0 Å². The Balaban J connectivity index is 2.29. The van der Waals surface area contributed by atoms with Gasteiger partial charge in [0.2, 0.25) is 5.75 Å². The predicted octanol–water partition coefficient (Wildman–Crippen LogP) is 3.26. The van der Waals surface area contributed by atoms with E-state index in [-0.39, 0.29) is 11.9 Å². The molecule has 1 N–H and O–H groups in total. The molecule has 6 heteroatoms. The molecular weight excluding hydrogens is 302 g/mol. The van der Waals surface area contributed by atoms with Crippen LogP contribution in [0.2, 0.25) is 0 Å². The first-order chi connectivity index (χ1) is 10.6. The molecule has 5 nitrogen and oxygen atoms in total. The summed E-state index contributed by atoms with van der Waals surface area (Å²) in [6.45, 7) is 1.94. The molecule has 1 aromatic carbocycles. The van der Waals surface area contributed by atoms with Crippen molar-refractivity contribution in [2.45, 2.75) is 13.0 Å². The molecule has 0 saturated carbocycles. The molecule has 0 aliphatic heterocycles. The summed E-state index contributed by atoms with van der Waals surface area (Å²) in [6.07, 6.45) is 0. The number of amides is 1. The van der Waals surface area contributed by atoms with E-state index < -0.39 is 0 Å². The van der Waals surface area contributed by atoms with Gasteiger partial charge in [-0.3, -0.25) is 4.79 Å². The van der Waals surface area contributed by atoms with Crippen molar-refractivity contribution in [1.29, 1.82) is 0 Å². The van der Waals surface area contributed by atoms with Crippen LogP contribution in [0.1, 0.15) is 28.2 Å². The largest absolute Gasteiger partial charge is 0.493 e. The van der Waals surface area contributed by atoms with Crippen LogP contribution in [0.25, 0.3) is 0 Å². The Morgan fingerprint density at radius 2 is 1.82 bits per heavy atom. The van der Waals surface area contributed by atoms with Crippen molar-refractivity contribution in [3.63, 3.8) is 0 Å². The number of methoxy groups -OCH3 is 3. The average molecular weight is 321 g/mol. The van der Waals surface area contributed by atoms with Crippen LogP contribution in [-0.4, -0.2) is 27.2 Å². The van der Waals surface area contributed by atoms with Gasteiger partial charge in [0, 0.05) is 4.88 Å². The van der Waals surface area contributed by atoms with Crippen molar-refractivity contribution in [2.24, 2.45) is 0 Å². The van der Waals surface area contributed by atoms with Gasteiger partial charge in [0.15, 0.2) is 11.5 Å². The highest BCUT2D eigenvalue weighted by Gasteiger charge is 2.22. The van der Waals surface area contributed by atoms with E-state index in [2.05, 4.69) is 5.32 Å². The number of rotatable bonds is 6. The zero-order valence-corrected chi connectivity index (χ0v) is 13.8. The maximum absolute atomic E-state index is 12.5. The van der Waals surface area contributed by atoms with Crippen LogP contribution in [-0.2, 0) is 0 Å². The average Bonchev–Trinajstić information content (AvgIpc) is 3.07. The Morgan fingerprint density at radius 1 is 1.09 bits per heavy atom. The molecule has 22 heavy (non-hydrogen) atoms. The number of hydrogen-bond acceptors (Lipinski definition) is 5. The Morgan fingerprint density at radius 3 is 2.36 bits per heavy atom. The summed E-state index contributed by atoms with van der Waals surface area (Å²) in [7, 11) is 4.54. The first kappa shape index (κ1) is 16.2. The van der Waals surface area contributed by atoms with Crippen molar-refractivity contribution in [3.05, 3.63) is 40.1 Å². The van der Waals surface area contributed by atoms with Gasteiger partial charge in [-0.05, 0) is 30.5 Å². The zero-order chi connectivity index (χ0) is 16.1. The molecule has 1 heterocycles. The summed E-state index contributed by atoms with van der Waals surface area (Å²) in [4.78, 5) is 13.6. The summed E-state index contributed by atoms with van der Waals surface area (Å²) in [5, 5.41) is 4.94. The van der Waals surface area contributed by atoms with Crippen LogP contribution in [0.15, 0.2) is 29.6 Å². The molecule has 0 aliphatic rings. The maximum Gasteiger partial charge on any atom is 0.255 e. The van der Waals surface area contributed by atoms with Gasteiger partial charge in [0.1, 0.15) is 0 Å². The SMILES string of the molecule is COc1ccc(C(=O)NC(C)c2cccs2)c(OC)c1OC. The smallest absolute Gasteiger partial charge is 0.255 e. The number of hydrogen-bond donors (Lipinski definition) is 1. The van der Waals surface area contributed by atoms with E-state index in [1.807, 2.05) is 24.4 Å². The minimum atomic E-state index is -0.223. The zero-order valence-electron chi connectivity index (χ0n) is 13.0. The van der Waals surface area contributed by atoms with Gasteiger partial charge in [-0.25, -0.2) is 0 Å². The number of nitrogens with one attached hydrogen (secondary N) is 1. The first-order valence-corrected chi connectivity index (χ1v) is 7.63. The Bertz CT molecular complexity index is 640. The molecule has 0 fully saturated rings. The quantitative estimate of drug-likeness (QED) is 0.887. The fourth-order valence-electron chi connectivity index (χ4n) is 2.16. The molecule has 1 atom stereocenters. The molecule has 118 valence electrons. The molecule has 0 spiro atoms. The lowest BCUT2D eigenvalue weighted by Gasteiger charge is -2.17. The van der Waals surface area contributed by atoms with Gasteiger partial charge < -0.3 is 19.5 Å². The second-order valence-electron chi connectivity index (χ2n) is 4.59. The third-order valence-corrected chi connectivity index (χ3v) is 4.32. The second-order valence-corrected chi connectivity index (χ2v) is 5.57. The van der Waals surface area contributed by atoms with Gasteiger partial charge in [-0.2, -0.15) is 0 Å². The molecule has 1 unspecified atom stereocenters. The maximum atomic E-state index is 12.5. The van der Waals surface area contributed by atoms with Gasteiger partial charge >= 0.3 is 0 Å². The number of thiophene rings is 1. The van der Waals surface area contributed by atoms with Gasteiger partial charge in [0.25, 0.3) is 5.91 Å². The molecule has 0 saturated heterocycles. The van der Waals surface area contributed by atoms with Crippen molar-refractivity contribution < 1.29 is 19.0 Å². The molecular formula is C16H19NO4S. The monoisotopic (exact) mass is 321 g/mol. The van der Waals surface area contributed by atoms with E-state index in [9.17, 15) is 4.79 Å². The molecule has 2 aromatic rings. The lowest BCUT2D eigenvalue weighted by atomic mass is 10.1. The van der Waals surface area contributed by atoms with Crippen LogP contribution in [0.5, 0.6) is 17.2 Å². The van der Waals surface area contributed by atoms with Crippen molar-refractivity contribution in [3.8, 4) is 17.2 Å². The molecule has 1 amide bonds. The van der Waals surface area contributed by atoms with E-state index in [0.717, 1.165) is 4.88 Å². The second kappa shape index (κ2) is 7.17. The fraction of sp³-hybridized carbons (Fsp3) is 0.312. The van der Waals surface area contributed by atoms with E-state index in [4.69, 9.17) is 14.2 Å². The highest BCUT2D eigenvalue weighted by atomic mass is 32.1. The lowest BCUT2D eigenvalue weighted by molar-refractivity contribution is 0.0936. The summed E-state index contributed by atoms with van der Waals surface area (Å²) in [5.41, 5.74) is 0.406. The van der Waals surface area contributed by atoms with E-state index >= 15 is 0 Å². The van der Waals surface area contributed by atoms with E-state index in [1.54, 1.807) is 23.5 Å². The summed E-state index contributed by atoms with van der Waals surface area (Å²) >= 11 is 1.60. The van der Waals surface area contributed by atoms with Crippen LogP contribution < -0.4 is 19.5 Å². The minimum absolute atomic E-state index is 0.0784. The van der Waals surface area contributed by atoms with Crippen molar-refractivity contribution >= 4 is 17.2 Å². The van der Waals surface area contributed by atoms with Gasteiger partial charge in [-0.1, -0.05) is 6.07 Å². The number of ether oxygens (including phenoxy) is 3. The third kappa shape index (κ3) is 3.17. The molecule has 0 bridgehead atoms. The van der Waals surface area contributed by atoms with E-state index in [1.165, 1.54) is 21.3 Å². The standard InChI is InChI=1S/C16H19NO4S/c1-10(13-6-5-9-22-13)17-16(18)11-7-8-12(19-2)15(21-4)14(11)20-3/h5-10H,1-4H3,(H,17,18). The summed E-state index contributed by atoms with van der Waals surface area (Å²) in [6, 6.07) is 7.22. The third-order valence-electron chi connectivity index (χ3n) is 3.27. The van der Waals surface area contributed by atoms with Crippen LogP contribution in [0, 0.1) is 0 Å². The normalized spacial score (nSPS) is 11.6. The van der Waals surface area contributed by atoms with Crippen LogP contribution in [0.3, 0.4) is 0 Å². The Kier molecular flexibility index (Phi) is 5.27. The fourth-order valence-corrected chi connectivity index (χ4v) is 2.90. The topological polar surface area (TPSA) is 56.8 Å². The molecule has 0 radical (unpaired) electrons. The highest BCUT2D eigenvalue weighted by Crippen LogP contribution is 2.39. The van der Waals surface area contributed by atoms with Crippen molar-refractivity contribution in [1.82, 2.24) is 5.32 Å². The lowest BCUT2D eigenvalue weighted by Crippen LogP contribution is -2.26. The predicted molar refractivity (Wildman–Crippen MR) is 86.3 cm³/mol. The molecule has 0 aliphatic carbocycles.